The number of benzene rings is 2. The molecule has 0 aliphatic carbocycles. The molecule has 0 saturated heterocycles. The molecule has 0 spiro atoms. The van der Waals surface area contributed by atoms with E-state index in [1.54, 1.807) is 24.3 Å². The summed E-state index contributed by atoms with van der Waals surface area (Å²) in [7, 11) is -3.55. The summed E-state index contributed by atoms with van der Waals surface area (Å²) in [6.45, 7) is 4.43. The van der Waals surface area contributed by atoms with E-state index in [1.807, 2.05) is 24.3 Å². The van der Waals surface area contributed by atoms with Gasteiger partial charge in [-0.2, -0.15) is 0 Å². The number of Topliss-reactive ketones (excluding diaryl/α,β-unsaturated/α-hetero) is 1. The molecular weight excluding hydrogens is 428 g/mol. The third-order valence-corrected chi connectivity index (χ3v) is 6.06. The number of nitrogens with one attached hydrogen (secondary N) is 1. The van der Waals surface area contributed by atoms with Crippen LogP contribution in [0.1, 0.15) is 49.0 Å². The molecule has 174 valence electrons. The van der Waals surface area contributed by atoms with Crippen molar-refractivity contribution in [2.75, 3.05) is 30.3 Å². The minimum absolute atomic E-state index is 0.140. The monoisotopic (exact) mass is 460 g/mol. The van der Waals surface area contributed by atoms with E-state index in [0.29, 0.717) is 30.8 Å². The summed E-state index contributed by atoms with van der Waals surface area (Å²) in [6.07, 6.45) is 3.78. The largest absolute Gasteiger partial charge is 0.492 e. The topological polar surface area (TPSA) is 92.8 Å². The summed E-state index contributed by atoms with van der Waals surface area (Å²) in [6, 6.07) is 14.4. The number of carbonyl (C=O) groups is 2. The van der Waals surface area contributed by atoms with Crippen LogP contribution in [0, 0.1) is 0 Å². The number of rotatable bonds is 13. The molecule has 2 rings (SSSR count). The van der Waals surface area contributed by atoms with Crippen LogP contribution in [0.25, 0.3) is 0 Å². The summed E-state index contributed by atoms with van der Waals surface area (Å²) in [5.74, 6) is 0.451. The molecule has 1 amide bonds. The molecule has 0 saturated carbocycles. The van der Waals surface area contributed by atoms with Crippen LogP contribution in [0.3, 0.4) is 0 Å². The Labute approximate surface area is 190 Å². The van der Waals surface area contributed by atoms with E-state index in [0.717, 1.165) is 24.8 Å². The third-order valence-electron chi connectivity index (χ3n) is 4.86. The Bertz CT molecular complexity index is 1000. The fourth-order valence-electron chi connectivity index (χ4n) is 3.24. The molecule has 0 bridgehead atoms. The van der Waals surface area contributed by atoms with Gasteiger partial charge in [-0.3, -0.25) is 13.9 Å². The van der Waals surface area contributed by atoms with Crippen LogP contribution < -0.4 is 14.4 Å². The van der Waals surface area contributed by atoms with E-state index >= 15 is 0 Å². The summed E-state index contributed by atoms with van der Waals surface area (Å²) < 4.78 is 31.3. The van der Waals surface area contributed by atoms with E-state index in [4.69, 9.17) is 4.74 Å². The maximum Gasteiger partial charge on any atom is 0.232 e. The summed E-state index contributed by atoms with van der Waals surface area (Å²) in [4.78, 5) is 23.7. The molecular formula is C24H32N2O5S. The van der Waals surface area contributed by atoms with Gasteiger partial charge < -0.3 is 10.1 Å². The fraction of sp³-hybridized carbons (Fsp3) is 0.417. The van der Waals surface area contributed by atoms with Crippen molar-refractivity contribution < 1.29 is 22.7 Å². The Morgan fingerprint density at radius 3 is 2.44 bits per heavy atom. The van der Waals surface area contributed by atoms with Crippen molar-refractivity contribution >= 4 is 27.4 Å². The SMILES string of the molecule is CCCc1ccc(OCCNC(=O)CCCN(c2cccc(C(C)=O)c2)S(C)(=O)=O)cc1. The number of carbonyl (C=O) groups excluding carboxylic acids is 2. The van der Waals surface area contributed by atoms with E-state index in [-0.39, 0.29) is 24.7 Å². The smallest absolute Gasteiger partial charge is 0.232 e. The number of anilines is 1. The number of ether oxygens (including phenoxy) is 1. The first-order valence-electron chi connectivity index (χ1n) is 10.8. The summed E-state index contributed by atoms with van der Waals surface area (Å²) in [5, 5.41) is 2.78. The third kappa shape index (κ3) is 8.34. The van der Waals surface area contributed by atoms with Crippen molar-refractivity contribution in [1.29, 1.82) is 0 Å². The normalized spacial score (nSPS) is 11.1. The predicted octanol–water partition coefficient (Wildman–Crippen LogP) is 3.58. The zero-order chi connectivity index (χ0) is 23.6. The van der Waals surface area contributed by atoms with E-state index in [9.17, 15) is 18.0 Å². The van der Waals surface area contributed by atoms with Gasteiger partial charge in [0.25, 0.3) is 0 Å². The Hall–Kier alpha value is -2.87. The first-order valence-corrected chi connectivity index (χ1v) is 12.6. The van der Waals surface area contributed by atoms with Gasteiger partial charge in [0.05, 0.1) is 18.5 Å². The maximum atomic E-state index is 12.2. The lowest BCUT2D eigenvalue weighted by Crippen LogP contribution is -2.33. The Morgan fingerprint density at radius 2 is 1.81 bits per heavy atom. The Morgan fingerprint density at radius 1 is 1.09 bits per heavy atom. The average molecular weight is 461 g/mol. The predicted molar refractivity (Wildman–Crippen MR) is 127 cm³/mol. The number of aryl methyl sites for hydroxylation is 1. The quantitative estimate of drug-likeness (QED) is 0.364. The first-order chi connectivity index (χ1) is 15.2. The van der Waals surface area contributed by atoms with Crippen LogP contribution >= 0.6 is 0 Å². The summed E-state index contributed by atoms with van der Waals surface area (Å²) >= 11 is 0. The van der Waals surface area contributed by atoms with Gasteiger partial charge in [-0.25, -0.2) is 8.42 Å². The van der Waals surface area contributed by atoms with Crippen LogP contribution in [0.2, 0.25) is 0 Å². The van der Waals surface area contributed by atoms with E-state index < -0.39 is 10.0 Å². The van der Waals surface area contributed by atoms with Crippen molar-refractivity contribution in [3.05, 3.63) is 59.7 Å². The highest BCUT2D eigenvalue weighted by Crippen LogP contribution is 2.20. The van der Waals surface area contributed by atoms with Crippen molar-refractivity contribution in [1.82, 2.24) is 5.32 Å². The van der Waals surface area contributed by atoms with Crippen LogP contribution in [-0.4, -0.2) is 46.1 Å². The minimum atomic E-state index is -3.55. The van der Waals surface area contributed by atoms with Crippen LogP contribution in [0.15, 0.2) is 48.5 Å². The van der Waals surface area contributed by atoms with Gasteiger partial charge in [0, 0.05) is 18.5 Å². The maximum absolute atomic E-state index is 12.2. The zero-order valence-corrected chi connectivity index (χ0v) is 19.8. The molecule has 32 heavy (non-hydrogen) atoms. The van der Waals surface area contributed by atoms with E-state index in [1.165, 1.54) is 16.8 Å². The van der Waals surface area contributed by atoms with Crippen molar-refractivity contribution in [2.45, 2.75) is 39.5 Å². The second-order valence-corrected chi connectivity index (χ2v) is 9.54. The molecule has 7 nitrogen and oxygen atoms in total. The second kappa shape index (κ2) is 12.2. The number of hydrogen-bond acceptors (Lipinski definition) is 5. The second-order valence-electron chi connectivity index (χ2n) is 7.64. The molecule has 0 heterocycles. The standard InChI is InChI=1S/C24H32N2O5S/c1-4-7-20-11-13-23(14-12-20)31-17-15-25-24(28)10-6-16-26(32(3,29)30)22-9-5-8-21(18-22)19(2)27/h5,8-9,11-14,18H,4,6-7,10,15-17H2,1-3H3,(H,25,28). The molecule has 0 fully saturated rings. The van der Waals surface area contributed by atoms with Crippen LogP contribution in [-0.2, 0) is 21.2 Å². The Kier molecular flexibility index (Phi) is 9.71. The highest BCUT2D eigenvalue weighted by atomic mass is 32.2. The molecule has 0 atom stereocenters. The highest BCUT2D eigenvalue weighted by Gasteiger charge is 2.18. The van der Waals surface area contributed by atoms with Crippen LogP contribution in [0.5, 0.6) is 5.75 Å². The molecule has 8 heteroatoms. The zero-order valence-electron chi connectivity index (χ0n) is 19.0. The molecule has 0 aliphatic heterocycles. The van der Waals surface area contributed by atoms with Gasteiger partial charge in [0.1, 0.15) is 12.4 Å². The lowest BCUT2D eigenvalue weighted by molar-refractivity contribution is -0.121. The highest BCUT2D eigenvalue weighted by molar-refractivity contribution is 7.92. The number of ketones is 1. The van der Waals surface area contributed by atoms with Crippen LogP contribution in [0.4, 0.5) is 5.69 Å². The van der Waals surface area contributed by atoms with Gasteiger partial charge in [-0.15, -0.1) is 0 Å². The van der Waals surface area contributed by atoms with E-state index in [2.05, 4.69) is 12.2 Å². The molecule has 0 aliphatic rings. The molecule has 2 aromatic carbocycles. The average Bonchev–Trinajstić information content (AvgIpc) is 2.75. The molecule has 2 aromatic rings. The number of hydrogen-bond donors (Lipinski definition) is 1. The van der Waals surface area contributed by atoms with Gasteiger partial charge >= 0.3 is 0 Å². The van der Waals surface area contributed by atoms with Gasteiger partial charge in [0.2, 0.25) is 15.9 Å². The number of nitrogens with zero attached hydrogens (tertiary/aromatic N) is 1. The van der Waals surface area contributed by atoms with Gasteiger partial charge in [-0.05, 0) is 49.6 Å². The van der Waals surface area contributed by atoms with Crippen molar-refractivity contribution in [3.8, 4) is 5.75 Å². The molecule has 0 radical (unpaired) electrons. The molecule has 1 N–H and O–H groups in total. The number of sulfonamides is 1. The first kappa shape index (κ1) is 25.4. The fourth-order valence-corrected chi connectivity index (χ4v) is 4.20. The lowest BCUT2D eigenvalue weighted by atomic mass is 10.1. The van der Waals surface area contributed by atoms with Gasteiger partial charge in [-0.1, -0.05) is 37.6 Å². The van der Waals surface area contributed by atoms with Crippen molar-refractivity contribution in [3.63, 3.8) is 0 Å². The number of amides is 1. The lowest BCUT2D eigenvalue weighted by Gasteiger charge is -2.22. The van der Waals surface area contributed by atoms with Crippen molar-refractivity contribution in [2.24, 2.45) is 0 Å². The Balaban J connectivity index is 1.77. The summed E-state index contributed by atoms with van der Waals surface area (Å²) in [5.41, 5.74) is 2.12. The minimum Gasteiger partial charge on any atom is -0.492 e. The molecule has 0 aromatic heterocycles. The molecule has 0 unspecified atom stereocenters. The van der Waals surface area contributed by atoms with Gasteiger partial charge in [0.15, 0.2) is 5.78 Å².